The van der Waals surface area contributed by atoms with Gasteiger partial charge in [-0.05, 0) is 20.3 Å². The number of amides is 1. The number of hydrogen-bond donors (Lipinski definition) is 2. The van der Waals surface area contributed by atoms with Crippen LogP contribution < -0.4 is 10.6 Å². The topological polar surface area (TPSA) is 54.0 Å². The molecule has 17 heavy (non-hydrogen) atoms. The lowest BCUT2D eigenvalue weighted by molar-refractivity contribution is 0.0953. The Balaban J connectivity index is 1.87. The second-order valence-electron chi connectivity index (χ2n) is 4.30. The molecule has 94 valence electrons. The summed E-state index contributed by atoms with van der Waals surface area (Å²) in [6.07, 6.45) is -0.315. The van der Waals surface area contributed by atoms with Crippen LogP contribution in [-0.2, 0) is 0 Å². The molecule has 0 bridgehead atoms. The number of nitrogens with one attached hydrogen (secondary N) is 2. The Morgan fingerprint density at radius 3 is 2.94 bits per heavy atom. The molecule has 1 amide bonds. The average Bonchev–Trinajstić information content (AvgIpc) is 2.81. The summed E-state index contributed by atoms with van der Waals surface area (Å²) >= 11 is 1.39. The zero-order chi connectivity index (χ0) is 12.4. The van der Waals surface area contributed by atoms with E-state index in [1.54, 1.807) is 0 Å². The van der Waals surface area contributed by atoms with Crippen LogP contribution in [0.1, 0.15) is 26.8 Å². The van der Waals surface area contributed by atoms with E-state index in [1.807, 2.05) is 13.8 Å². The highest BCUT2D eigenvalue weighted by Crippen LogP contribution is 2.17. The highest BCUT2D eigenvalue weighted by Gasteiger charge is 2.24. The molecule has 2 N–H and O–H groups in total. The average molecular weight is 257 g/mol. The van der Waals surface area contributed by atoms with Crippen molar-refractivity contribution < 1.29 is 9.18 Å². The van der Waals surface area contributed by atoms with E-state index in [2.05, 4.69) is 15.6 Å². The van der Waals surface area contributed by atoms with Crippen LogP contribution in [-0.4, -0.2) is 36.2 Å². The highest BCUT2D eigenvalue weighted by molar-refractivity contribution is 7.13. The van der Waals surface area contributed by atoms with Crippen molar-refractivity contribution in [3.05, 3.63) is 15.6 Å². The zero-order valence-corrected chi connectivity index (χ0v) is 10.7. The van der Waals surface area contributed by atoms with Crippen molar-refractivity contribution in [1.29, 1.82) is 0 Å². The Morgan fingerprint density at radius 1 is 1.65 bits per heavy atom. The van der Waals surface area contributed by atoms with Gasteiger partial charge in [0.25, 0.3) is 5.91 Å². The fourth-order valence-corrected chi connectivity index (χ4v) is 2.80. The summed E-state index contributed by atoms with van der Waals surface area (Å²) in [6, 6.07) is 0.0447. The van der Waals surface area contributed by atoms with E-state index in [0.717, 1.165) is 10.7 Å². The molecule has 1 aromatic rings. The number of nitrogens with zero attached hydrogens (tertiary/aromatic N) is 1. The van der Waals surface area contributed by atoms with Crippen LogP contribution in [0.5, 0.6) is 0 Å². The number of aryl methyl sites for hydroxylation is 2. The monoisotopic (exact) mass is 257 g/mol. The Labute approximate surface area is 104 Å². The molecule has 0 spiro atoms. The predicted molar refractivity (Wildman–Crippen MR) is 65.2 cm³/mol. The first-order valence-corrected chi connectivity index (χ1v) is 6.47. The zero-order valence-electron chi connectivity index (χ0n) is 9.92. The minimum atomic E-state index is -0.788. The molecule has 0 saturated carbocycles. The third-order valence-electron chi connectivity index (χ3n) is 2.79. The van der Waals surface area contributed by atoms with Crippen molar-refractivity contribution in [2.24, 2.45) is 0 Å². The lowest BCUT2D eigenvalue weighted by Gasteiger charge is -2.10. The third kappa shape index (κ3) is 3.01. The Kier molecular flexibility index (Phi) is 3.73. The number of carbonyl (C=O) groups excluding carboxylic acids is 1. The first-order chi connectivity index (χ1) is 8.06. The van der Waals surface area contributed by atoms with Gasteiger partial charge in [-0.25, -0.2) is 9.37 Å². The van der Waals surface area contributed by atoms with Gasteiger partial charge in [-0.2, -0.15) is 0 Å². The van der Waals surface area contributed by atoms with Gasteiger partial charge in [-0.3, -0.25) is 4.79 Å². The fraction of sp³-hybridized carbons (Fsp3) is 0.636. The quantitative estimate of drug-likeness (QED) is 0.855. The molecular weight excluding hydrogens is 241 g/mol. The van der Waals surface area contributed by atoms with E-state index in [-0.39, 0.29) is 11.9 Å². The molecule has 1 fully saturated rings. The largest absolute Gasteiger partial charge is 0.350 e. The Hall–Kier alpha value is -1.01. The number of carbonyl (C=O) groups is 1. The Morgan fingerprint density at radius 2 is 2.41 bits per heavy atom. The minimum absolute atomic E-state index is 0.0447. The van der Waals surface area contributed by atoms with Crippen LogP contribution >= 0.6 is 11.3 Å². The first kappa shape index (κ1) is 12.4. The molecular formula is C11H16FN3OS. The van der Waals surface area contributed by atoms with E-state index in [0.29, 0.717) is 24.4 Å². The van der Waals surface area contributed by atoms with Gasteiger partial charge >= 0.3 is 0 Å². The van der Waals surface area contributed by atoms with E-state index in [9.17, 15) is 9.18 Å². The van der Waals surface area contributed by atoms with E-state index in [4.69, 9.17) is 0 Å². The molecule has 0 aliphatic carbocycles. The van der Waals surface area contributed by atoms with Crippen LogP contribution in [0.2, 0.25) is 0 Å². The van der Waals surface area contributed by atoms with Gasteiger partial charge in [0.2, 0.25) is 0 Å². The number of hydrogen-bond acceptors (Lipinski definition) is 4. The number of thiazole rings is 1. The number of alkyl halides is 1. The van der Waals surface area contributed by atoms with Gasteiger partial charge < -0.3 is 10.6 Å². The smallest absolute Gasteiger partial charge is 0.263 e. The second kappa shape index (κ2) is 5.10. The molecule has 1 aliphatic heterocycles. The molecule has 2 rings (SSSR count). The minimum Gasteiger partial charge on any atom is -0.350 e. The number of aromatic nitrogens is 1. The maximum Gasteiger partial charge on any atom is 0.263 e. The summed E-state index contributed by atoms with van der Waals surface area (Å²) in [7, 11) is 0. The summed E-state index contributed by atoms with van der Waals surface area (Å²) in [5.74, 6) is -0.114. The lowest BCUT2D eigenvalue weighted by Crippen LogP contribution is -2.37. The SMILES string of the molecule is Cc1nc(C)c(C(=O)NCC2CC(F)CN2)s1. The summed E-state index contributed by atoms with van der Waals surface area (Å²) in [5, 5.41) is 6.73. The van der Waals surface area contributed by atoms with Crippen LogP contribution in [0, 0.1) is 13.8 Å². The fourth-order valence-electron chi connectivity index (χ4n) is 1.96. The van der Waals surface area contributed by atoms with Gasteiger partial charge in [-0.15, -0.1) is 11.3 Å². The van der Waals surface area contributed by atoms with Gasteiger partial charge in [0, 0.05) is 19.1 Å². The van der Waals surface area contributed by atoms with Crippen molar-refractivity contribution >= 4 is 17.2 Å². The molecule has 1 aromatic heterocycles. The summed E-state index contributed by atoms with van der Waals surface area (Å²) < 4.78 is 12.9. The normalized spacial score (nSPS) is 23.9. The first-order valence-electron chi connectivity index (χ1n) is 5.66. The molecule has 2 heterocycles. The molecule has 0 radical (unpaired) electrons. The maximum atomic E-state index is 12.9. The summed E-state index contributed by atoms with van der Waals surface area (Å²) in [4.78, 5) is 16.7. The third-order valence-corrected chi connectivity index (χ3v) is 3.86. The Bertz CT molecular complexity index is 421. The molecule has 0 aromatic carbocycles. The van der Waals surface area contributed by atoms with Crippen LogP contribution in [0.25, 0.3) is 0 Å². The lowest BCUT2D eigenvalue weighted by atomic mass is 10.2. The molecule has 6 heteroatoms. The van der Waals surface area contributed by atoms with Crippen molar-refractivity contribution in [2.45, 2.75) is 32.5 Å². The van der Waals surface area contributed by atoms with Crippen molar-refractivity contribution in [3.63, 3.8) is 0 Å². The molecule has 2 atom stereocenters. The van der Waals surface area contributed by atoms with Crippen molar-refractivity contribution in [2.75, 3.05) is 13.1 Å². The standard InChI is InChI=1S/C11H16FN3OS/c1-6-10(17-7(2)15-6)11(16)14-5-9-3-8(12)4-13-9/h8-9,13H,3-5H2,1-2H3,(H,14,16). The molecule has 1 aliphatic rings. The predicted octanol–water partition coefficient (Wildman–Crippen LogP) is 1.19. The van der Waals surface area contributed by atoms with Crippen LogP contribution in [0.15, 0.2) is 0 Å². The van der Waals surface area contributed by atoms with Gasteiger partial charge in [0.05, 0.1) is 10.7 Å². The van der Waals surface area contributed by atoms with Crippen molar-refractivity contribution in [3.8, 4) is 0 Å². The van der Waals surface area contributed by atoms with Crippen molar-refractivity contribution in [1.82, 2.24) is 15.6 Å². The highest BCUT2D eigenvalue weighted by atomic mass is 32.1. The molecule has 1 saturated heterocycles. The summed E-state index contributed by atoms with van der Waals surface area (Å²) in [6.45, 7) is 4.55. The van der Waals surface area contributed by atoms with Crippen LogP contribution in [0.4, 0.5) is 4.39 Å². The second-order valence-corrected chi connectivity index (χ2v) is 5.50. The molecule has 2 unspecified atom stereocenters. The maximum absolute atomic E-state index is 12.9. The van der Waals surface area contributed by atoms with E-state index < -0.39 is 6.17 Å². The van der Waals surface area contributed by atoms with E-state index in [1.165, 1.54) is 11.3 Å². The molecule has 4 nitrogen and oxygen atoms in total. The number of rotatable bonds is 3. The van der Waals surface area contributed by atoms with E-state index >= 15 is 0 Å². The van der Waals surface area contributed by atoms with Crippen LogP contribution in [0.3, 0.4) is 0 Å². The number of halogens is 1. The summed E-state index contributed by atoms with van der Waals surface area (Å²) in [5.41, 5.74) is 0.757. The van der Waals surface area contributed by atoms with Gasteiger partial charge in [0.1, 0.15) is 11.0 Å². The van der Waals surface area contributed by atoms with Gasteiger partial charge in [-0.1, -0.05) is 0 Å². The van der Waals surface area contributed by atoms with Gasteiger partial charge in [0.15, 0.2) is 0 Å².